The quantitative estimate of drug-likeness (QED) is 0.342. The molecule has 0 spiro atoms. The molecular weight excluding hydrogens is 360 g/mol. The minimum atomic E-state index is -0.844. The minimum Gasteiger partial charge on any atom is -0.490 e. The Labute approximate surface area is 153 Å². The lowest BCUT2D eigenvalue weighted by molar-refractivity contribution is -0.385. The van der Waals surface area contributed by atoms with Crippen molar-refractivity contribution in [1.82, 2.24) is 0 Å². The molecule has 0 atom stereocenters. The Morgan fingerprint density at radius 3 is 2.65 bits per heavy atom. The molecule has 0 unspecified atom stereocenters. The van der Waals surface area contributed by atoms with Crippen LogP contribution in [0.1, 0.15) is 10.4 Å². The van der Waals surface area contributed by atoms with E-state index in [1.807, 2.05) is 12.3 Å². The number of anilines is 1. The first-order valence-electron chi connectivity index (χ1n) is 7.38. The van der Waals surface area contributed by atoms with E-state index in [1.165, 1.54) is 31.0 Å². The van der Waals surface area contributed by atoms with Gasteiger partial charge in [-0.1, -0.05) is 6.07 Å². The predicted molar refractivity (Wildman–Crippen MR) is 96.8 cm³/mol. The van der Waals surface area contributed by atoms with Crippen LogP contribution in [0, 0.1) is 10.1 Å². The Balaban J connectivity index is 1.98. The lowest BCUT2D eigenvalue weighted by atomic mass is 10.2. The number of nitro groups is 1. The van der Waals surface area contributed by atoms with Gasteiger partial charge in [0.1, 0.15) is 0 Å². The Morgan fingerprint density at radius 1 is 1.23 bits per heavy atom. The third kappa shape index (κ3) is 4.96. The molecule has 0 aromatic heterocycles. The van der Waals surface area contributed by atoms with Gasteiger partial charge < -0.3 is 14.8 Å². The van der Waals surface area contributed by atoms with Gasteiger partial charge in [0.2, 0.25) is 0 Å². The number of nitro benzene ring substituents is 1. The number of ether oxygens (including phenoxy) is 2. The van der Waals surface area contributed by atoms with Crippen LogP contribution in [0.2, 0.25) is 0 Å². The van der Waals surface area contributed by atoms with E-state index in [2.05, 4.69) is 5.32 Å². The Bertz CT molecular complexity index is 840. The number of carbonyl (C=O) groups is 2. The molecule has 0 bridgehead atoms. The van der Waals surface area contributed by atoms with E-state index in [-0.39, 0.29) is 17.0 Å². The largest absolute Gasteiger partial charge is 0.490 e. The highest BCUT2D eigenvalue weighted by molar-refractivity contribution is 7.98. The van der Waals surface area contributed by atoms with Gasteiger partial charge in [-0.25, -0.2) is 4.79 Å². The molecule has 26 heavy (non-hydrogen) atoms. The second kappa shape index (κ2) is 8.86. The summed E-state index contributed by atoms with van der Waals surface area (Å²) in [5.41, 5.74) is 0.174. The van der Waals surface area contributed by atoms with E-state index in [9.17, 15) is 19.7 Å². The van der Waals surface area contributed by atoms with Crippen molar-refractivity contribution >= 4 is 35.0 Å². The first-order valence-corrected chi connectivity index (χ1v) is 8.60. The molecular formula is C17H16N2O6S. The monoisotopic (exact) mass is 376 g/mol. The second-order valence-corrected chi connectivity index (χ2v) is 5.88. The second-order valence-electron chi connectivity index (χ2n) is 5.00. The van der Waals surface area contributed by atoms with Gasteiger partial charge in [0.15, 0.2) is 12.4 Å². The molecule has 9 heteroatoms. The Hall–Kier alpha value is -3.07. The molecule has 0 aliphatic carbocycles. The maximum Gasteiger partial charge on any atom is 0.338 e. The summed E-state index contributed by atoms with van der Waals surface area (Å²) in [7, 11) is 1.29. The maximum atomic E-state index is 12.0. The zero-order valence-electron chi connectivity index (χ0n) is 14.1. The average molecular weight is 376 g/mol. The van der Waals surface area contributed by atoms with Crippen molar-refractivity contribution in [3.63, 3.8) is 0 Å². The first-order chi connectivity index (χ1) is 12.4. The molecule has 0 saturated carbocycles. The summed E-state index contributed by atoms with van der Waals surface area (Å²) >= 11 is 1.53. The van der Waals surface area contributed by atoms with Gasteiger partial charge in [-0.15, -0.1) is 11.8 Å². The molecule has 0 saturated heterocycles. The molecule has 136 valence electrons. The molecule has 0 fully saturated rings. The molecule has 2 rings (SSSR count). The number of rotatable bonds is 7. The number of nitrogens with zero attached hydrogens (tertiary/aromatic N) is 1. The van der Waals surface area contributed by atoms with Gasteiger partial charge in [-0.3, -0.25) is 14.9 Å². The zero-order valence-corrected chi connectivity index (χ0v) is 14.9. The SMILES string of the molecule is COc1ccc(C(=O)OCC(=O)Nc2cccc(SC)c2)cc1[N+](=O)[O-]. The molecule has 0 aliphatic heterocycles. The number of benzene rings is 2. The molecule has 1 N–H and O–H groups in total. The van der Waals surface area contributed by atoms with Crippen molar-refractivity contribution in [2.45, 2.75) is 4.90 Å². The van der Waals surface area contributed by atoms with Crippen LogP contribution in [0.5, 0.6) is 5.75 Å². The minimum absolute atomic E-state index is 0.0259. The average Bonchev–Trinajstić information content (AvgIpc) is 2.65. The van der Waals surface area contributed by atoms with Crippen LogP contribution in [-0.2, 0) is 9.53 Å². The summed E-state index contributed by atoms with van der Waals surface area (Å²) in [6.45, 7) is -0.512. The highest BCUT2D eigenvalue weighted by atomic mass is 32.2. The van der Waals surface area contributed by atoms with Crippen molar-refractivity contribution < 1.29 is 24.0 Å². The summed E-state index contributed by atoms with van der Waals surface area (Å²) in [5.74, 6) is -1.33. The van der Waals surface area contributed by atoms with Crippen LogP contribution in [0.3, 0.4) is 0 Å². The van der Waals surface area contributed by atoms with Crippen LogP contribution in [0.25, 0.3) is 0 Å². The van der Waals surface area contributed by atoms with Crippen LogP contribution in [-0.4, -0.2) is 36.8 Å². The summed E-state index contributed by atoms with van der Waals surface area (Å²) < 4.78 is 9.77. The summed E-state index contributed by atoms with van der Waals surface area (Å²) in [4.78, 5) is 35.2. The van der Waals surface area contributed by atoms with Crippen LogP contribution < -0.4 is 10.1 Å². The standard InChI is InChI=1S/C17H16N2O6S/c1-24-15-7-6-11(8-14(15)19(22)23)17(21)25-10-16(20)18-12-4-3-5-13(9-12)26-2/h3-9H,10H2,1-2H3,(H,18,20). The third-order valence-electron chi connectivity index (χ3n) is 3.30. The molecule has 1 amide bonds. The number of amides is 1. The molecule has 2 aromatic rings. The van der Waals surface area contributed by atoms with Crippen molar-refractivity contribution in [1.29, 1.82) is 0 Å². The van der Waals surface area contributed by atoms with E-state index in [0.29, 0.717) is 5.69 Å². The van der Waals surface area contributed by atoms with E-state index in [0.717, 1.165) is 11.0 Å². The maximum absolute atomic E-state index is 12.0. The summed E-state index contributed by atoms with van der Waals surface area (Å²) in [6, 6.07) is 10.9. The lowest BCUT2D eigenvalue weighted by Gasteiger charge is -2.08. The number of carbonyl (C=O) groups excluding carboxylic acids is 2. The summed E-state index contributed by atoms with van der Waals surface area (Å²) in [5, 5.41) is 13.6. The van der Waals surface area contributed by atoms with Crippen molar-refractivity contribution in [2.75, 3.05) is 25.3 Å². The van der Waals surface area contributed by atoms with Gasteiger partial charge in [0.05, 0.1) is 17.6 Å². The highest BCUT2D eigenvalue weighted by Gasteiger charge is 2.19. The van der Waals surface area contributed by atoms with E-state index < -0.39 is 23.4 Å². The number of esters is 1. The van der Waals surface area contributed by atoms with Crippen molar-refractivity contribution in [3.8, 4) is 5.75 Å². The van der Waals surface area contributed by atoms with E-state index in [4.69, 9.17) is 9.47 Å². The van der Waals surface area contributed by atoms with E-state index in [1.54, 1.807) is 18.2 Å². The number of hydrogen-bond donors (Lipinski definition) is 1. The number of hydrogen-bond acceptors (Lipinski definition) is 7. The van der Waals surface area contributed by atoms with Gasteiger partial charge in [-0.05, 0) is 36.6 Å². The molecule has 0 aliphatic rings. The number of nitrogens with one attached hydrogen (secondary N) is 1. The molecule has 0 heterocycles. The lowest BCUT2D eigenvalue weighted by Crippen LogP contribution is -2.21. The highest BCUT2D eigenvalue weighted by Crippen LogP contribution is 2.27. The molecule has 8 nitrogen and oxygen atoms in total. The normalized spacial score (nSPS) is 10.1. The topological polar surface area (TPSA) is 108 Å². The fraction of sp³-hybridized carbons (Fsp3) is 0.176. The Morgan fingerprint density at radius 2 is 2.00 bits per heavy atom. The van der Waals surface area contributed by atoms with E-state index >= 15 is 0 Å². The smallest absolute Gasteiger partial charge is 0.338 e. The van der Waals surface area contributed by atoms with Crippen molar-refractivity contribution in [2.24, 2.45) is 0 Å². The van der Waals surface area contributed by atoms with Crippen LogP contribution in [0.15, 0.2) is 47.4 Å². The predicted octanol–water partition coefficient (Wildman–Crippen LogP) is 3.12. The number of methoxy groups -OCH3 is 1. The van der Waals surface area contributed by atoms with Crippen LogP contribution in [0.4, 0.5) is 11.4 Å². The van der Waals surface area contributed by atoms with Gasteiger partial charge in [-0.2, -0.15) is 0 Å². The number of thioether (sulfide) groups is 1. The fourth-order valence-corrected chi connectivity index (χ4v) is 2.53. The fourth-order valence-electron chi connectivity index (χ4n) is 2.07. The van der Waals surface area contributed by atoms with Gasteiger partial charge >= 0.3 is 11.7 Å². The molecule has 2 aromatic carbocycles. The summed E-state index contributed by atoms with van der Waals surface area (Å²) in [6.07, 6.45) is 1.91. The van der Waals surface area contributed by atoms with Gasteiger partial charge in [0, 0.05) is 16.6 Å². The third-order valence-corrected chi connectivity index (χ3v) is 4.02. The van der Waals surface area contributed by atoms with Gasteiger partial charge in [0.25, 0.3) is 5.91 Å². The van der Waals surface area contributed by atoms with Crippen molar-refractivity contribution in [3.05, 3.63) is 58.1 Å². The van der Waals surface area contributed by atoms with Crippen LogP contribution >= 0.6 is 11.8 Å². The molecule has 0 radical (unpaired) electrons. The first kappa shape index (κ1) is 19.3. The Kier molecular flexibility index (Phi) is 6.56. The zero-order chi connectivity index (χ0) is 19.1.